The summed E-state index contributed by atoms with van der Waals surface area (Å²) in [5.41, 5.74) is 8.94. The number of hydrogen-bond acceptors (Lipinski definition) is 2. The highest BCUT2D eigenvalue weighted by atomic mass is 15.0. The minimum Gasteiger partial charge on any atom is -0.309 e. The van der Waals surface area contributed by atoms with Gasteiger partial charge in [0.1, 0.15) is 0 Å². The minimum atomic E-state index is 0.722. The standard InChI is InChI=1S/C46H28N4/c1-3-13-30(14-4-1)49-39-22-12-11-21-36(39)43-41(49)25-26-42-44(43)37-27-29(23-24-40(37)50(42)31-15-5-2-6-16-31)46-47-28-38-34-19-8-7-17-32(34)33-18-9-10-20-35(33)45(38)48-46/h1-28H. The number of nitrogens with zero attached hydrogens (tertiary/aromatic N) is 4. The Labute approximate surface area is 287 Å². The van der Waals surface area contributed by atoms with Gasteiger partial charge in [0.25, 0.3) is 0 Å². The second-order valence-electron chi connectivity index (χ2n) is 13.0. The van der Waals surface area contributed by atoms with Crippen molar-refractivity contribution in [3.63, 3.8) is 0 Å². The zero-order chi connectivity index (χ0) is 32.8. The van der Waals surface area contributed by atoms with Crippen molar-refractivity contribution in [2.75, 3.05) is 0 Å². The van der Waals surface area contributed by atoms with Gasteiger partial charge in [-0.3, -0.25) is 0 Å². The average molecular weight is 637 g/mol. The van der Waals surface area contributed by atoms with Gasteiger partial charge in [-0.2, -0.15) is 0 Å². The molecule has 0 aliphatic heterocycles. The third kappa shape index (κ3) is 3.76. The number of rotatable bonds is 3. The third-order valence-corrected chi connectivity index (χ3v) is 10.3. The molecule has 0 fully saturated rings. The summed E-state index contributed by atoms with van der Waals surface area (Å²) < 4.78 is 4.78. The zero-order valence-electron chi connectivity index (χ0n) is 27.0. The van der Waals surface area contributed by atoms with E-state index in [1.165, 1.54) is 54.3 Å². The van der Waals surface area contributed by atoms with Gasteiger partial charge in [0.15, 0.2) is 5.82 Å². The van der Waals surface area contributed by atoms with Crippen LogP contribution in [0.25, 0.3) is 98.8 Å². The van der Waals surface area contributed by atoms with Crippen LogP contribution in [0.4, 0.5) is 0 Å². The first kappa shape index (κ1) is 27.2. The molecule has 0 amide bonds. The summed E-state index contributed by atoms with van der Waals surface area (Å²) >= 11 is 0. The smallest absolute Gasteiger partial charge is 0.159 e. The van der Waals surface area contributed by atoms with E-state index in [-0.39, 0.29) is 0 Å². The molecule has 50 heavy (non-hydrogen) atoms. The molecule has 4 heteroatoms. The molecule has 0 aliphatic carbocycles. The fourth-order valence-corrected chi connectivity index (χ4v) is 8.22. The summed E-state index contributed by atoms with van der Waals surface area (Å²) in [5, 5.41) is 10.7. The Bertz CT molecular complexity index is 3100. The summed E-state index contributed by atoms with van der Waals surface area (Å²) in [7, 11) is 0. The Balaban J connectivity index is 1.25. The van der Waals surface area contributed by atoms with Crippen LogP contribution in [-0.2, 0) is 0 Å². The van der Waals surface area contributed by atoms with E-state index in [9.17, 15) is 0 Å². The molecule has 0 atom stereocenters. The van der Waals surface area contributed by atoms with Crippen molar-refractivity contribution in [1.29, 1.82) is 0 Å². The molecule has 0 saturated heterocycles. The lowest BCUT2D eigenvalue weighted by Crippen LogP contribution is -1.95. The molecule has 0 bridgehead atoms. The van der Waals surface area contributed by atoms with Crippen LogP contribution in [0.5, 0.6) is 0 Å². The van der Waals surface area contributed by atoms with E-state index in [4.69, 9.17) is 9.97 Å². The van der Waals surface area contributed by atoms with Crippen LogP contribution >= 0.6 is 0 Å². The fourth-order valence-electron chi connectivity index (χ4n) is 8.22. The molecule has 0 saturated carbocycles. The van der Waals surface area contributed by atoms with Crippen molar-refractivity contribution in [2.24, 2.45) is 0 Å². The Kier molecular flexibility index (Phi) is 5.63. The first-order valence-electron chi connectivity index (χ1n) is 17.0. The fraction of sp³-hybridized carbons (Fsp3) is 0. The van der Waals surface area contributed by atoms with Gasteiger partial charge in [0.2, 0.25) is 0 Å². The number of benzene rings is 8. The molecule has 11 aromatic rings. The summed E-state index contributed by atoms with van der Waals surface area (Å²) in [6.07, 6.45) is 2.01. The van der Waals surface area contributed by atoms with Crippen molar-refractivity contribution in [3.8, 4) is 22.8 Å². The maximum Gasteiger partial charge on any atom is 0.159 e. The predicted octanol–water partition coefficient (Wildman–Crippen LogP) is 11.8. The molecular formula is C46H28N4. The Hall–Kier alpha value is -6.78. The second-order valence-corrected chi connectivity index (χ2v) is 13.0. The van der Waals surface area contributed by atoms with E-state index in [0.29, 0.717) is 0 Å². The van der Waals surface area contributed by atoms with Crippen LogP contribution < -0.4 is 0 Å². The van der Waals surface area contributed by atoms with Crippen molar-refractivity contribution in [2.45, 2.75) is 0 Å². The van der Waals surface area contributed by atoms with Crippen LogP contribution in [-0.4, -0.2) is 19.1 Å². The lowest BCUT2D eigenvalue weighted by molar-refractivity contribution is 1.17. The quantitative estimate of drug-likeness (QED) is 0.181. The van der Waals surface area contributed by atoms with Crippen molar-refractivity contribution >= 4 is 76.1 Å². The molecule has 0 aliphatic rings. The monoisotopic (exact) mass is 636 g/mol. The molecule has 0 N–H and O–H groups in total. The van der Waals surface area contributed by atoms with Gasteiger partial charge < -0.3 is 9.13 Å². The van der Waals surface area contributed by atoms with Crippen LogP contribution in [0.15, 0.2) is 170 Å². The van der Waals surface area contributed by atoms with E-state index in [1.54, 1.807) is 0 Å². The van der Waals surface area contributed by atoms with Crippen LogP contribution in [0, 0.1) is 0 Å². The average Bonchev–Trinajstić information content (AvgIpc) is 3.71. The van der Waals surface area contributed by atoms with Gasteiger partial charge in [0.05, 0.1) is 27.6 Å². The molecule has 232 valence electrons. The van der Waals surface area contributed by atoms with Gasteiger partial charge >= 0.3 is 0 Å². The molecule has 3 heterocycles. The Morgan fingerprint density at radius 3 is 1.50 bits per heavy atom. The molecule has 3 aromatic heterocycles. The molecule has 11 rings (SSSR count). The minimum absolute atomic E-state index is 0.722. The molecule has 8 aromatic carbocycles. The van der Waals surface area contributed by atoms with Crippen molar-refractivity contribution < 1.29 is 0 Å². The first-order valence-corrected chi connectivity index (χ1v) is 17.0. The summed E-state index contributed by atoms with van der Waals surface area (Å²) in [5.74, 6) is 0.722. The van der Waals surface area contributed by atoms with Crippen LogP contribution in [0.2, 0.25) is 0 Å². The van der Waals surface area contributed by atoms with Gasteiger partial charge in [-0.25, -0.2) is 9.97 Å². The number of aromatic nitrogens is 4. The van der Waals surface area contributed by atoms with Gasteiger partial charge in [0, 0.05) is 55.5 Å². The largest absolute Gasteiger partial charge is 0.309 e. The van der Waals surface area contributed by atoms with Crippen LogP contribution in [0.1, 0.15) is 0 Å². The molecular weight excluding hydrogens is 609 g/mol. The zero-order valence-corrected chi connectivity index (χ0v) is 27.0. The SMILES string of the molecule is c1ccc(-n2c3ccccc3c3c4c5cc(-c6ncc7c8ccccc8c8ccccc8c7n6)ccc5n(-c5ccccc5)c4ccc32)cc1. The highest BCUT2D eigenvalue weighted by Crippen LogP contribution is 2.43. The lowest BCUT2D eigenvalue weighted by atomic mass is 9.98. The van der Waals surface area contributed by atoms with E-state index >= 15 is 0 Å². The van der Waals surface area contributed by atoms with E-state index in [2.05, 4.69) is 173 Å². The molecule has 0 radical (unpaired) electrons. The van der Waals surface area contributed by atoms with E-state index in [0.717, 1.165) is 44.6 Å². The number of para-hydroxylation sites is 3. The van der Waals surface area contributed by atoms with Crippen molar-refractivity contribution in [1.82, 2.24) is 19.1 Å². The van der Waals surface area contributed by atoms with Crippen molar-refractivity contribution in [3.05, 3.63) is 170 Å². The molecule has 4 nitrogen and oxygen atoms in total. The topological polar surface area (TPSA) is 35.6 Å². The molecule has 0 spiro atoms. The maximum atomic E-state index is 5.31. The maximum absolute atomic E-state index is 5.31. The highest BCUT2D eigenvalue weighted by Gasteiger charge is 2.21. The highest BCUT2D eigenvalue weighted by molar-refractivity contribution is 6.29. The molecule has 0 unspecified atom stereocenters. The number of hydrogen-bond donors (Lipinski definition) is 0. The second kappa shape index (κ2) is 10.4. The number of fused-ring (bicyclic) bond motifs is 13. The lowest BCUT2D eigenvalue weighted by Gasteiger charge is -2.11. The van der Waals surface area contributed by atoms with Crippen LogP contribution in [0.3, 0.4) is 0 Å². The van der Waals surface area contributed by atoms with E-state index in [1.807, 2.05) is 6.20 Å². The third-order valence-electron chi connectivity index (χ3n) is 10.3. The van der Waals surface area contributed by atoms with Gasteiger partial charge in [-0.15, -0.1) is 0 Å². The van der Waals surface area contributed by atoms with Gasteiger partial charge in [-0.05, 0) is 76.8 Å². The normalized spacial score (nSPS) is 12.0. The van der Waals surface area contributed by atoms with Gasteiger partial charge in [-0.1, -0.05) is 103 Å². The Morgan fingerprint density at radius 2 is 0.840 bits per heavy atom. The Morgan fingerprint density at radius 1 is 0.360 bits per heavy atom. The first-order chi connectivity index (χ1) is 24.8. The summed E-state index contributed by atoms with van der Waals surface area (Å²) in [6.45, 7) is 0. The summed E-state index contributed by atoms with van der Waals surface area (Å²) in [6, 6.07) is 58.5. The predicted molar refractivity (Wildman–Crippen MR) is 209 cm³/mol. The summed E-state index contributed by atoms with van der Waals surface area (Å²) in [4.78, 5) is 10.3. The van der Waals surface area contributed by atoms with E-state index < -0.39 is 0 Å².